The molecule has 0 aliphatic carbocycles. The fourth-order valence-corrected chi connectivity index (χ4v) is 2.21. The highest BCUT2D eigenvalue weighted by molar-refractivity contribution is 9.10. The second kappa shape index (κ2) is 4.67. The van der Waals surface area contributed by atoms with Gasteiger partial charge in [0.1, 0.15) is 0 Å². The second-order valence-electron chi connectivity index (χ2n) is 4.81. The molecule has 0 amide bonds. The lowest BCUT2D eigenvalue weighted by Gasteiger charge is -2.19. The number of anilines is 1. The molecule has 0 aliphatic heterocycles. The van der Waals surface area contributed by atoms with Crippen LogP contribution in [0.3, 0.4) is 0 Å². The number of hydrogen-bond acceptors (Lipinski definition) is 2. The maximum atomic E-state index is 9.73. The lowest BCUT2D eigenvalue weighted by atomic mass is 10.1. The summed E-state index contributed by atoms with van der Waals surface area (Å²) in [7, 11) is 0. The highest BCUT2D eigenvalue weighted by Crippen LogP contribution is 2.30. The fourth-order valence-electron chi connectivity index (χ4n) is 1.73. The molecular weight excluding hydrogens is 278 g/mol. The van der Waals surface area contributed by atoms with Crippen molar-refractivity contribution in [2.24, 2.45) is 0 Å². The molecule has 0 heterocycles. The lowest BCUT2D eigenvalue weighted by molar-refractivity contribution is 0.0945. The zero-order valence-electron chi connectivity index (χ0n) is 10.00. The summed E-state index contributed by atoms with van der Waals surface area (Å²) in [6.45, 7) is 4.11. The summed E-state index contributed by atoms with van der Waals surface area (Å²) in [5.74, 6) is 0. The van der Waals surface area contributed by atoms with Gasteiger partial charge in [-0.1, -0.05) is 40.2 Å². The Morgan fingerprint density at radius 3 is 2.41 bits per heavy atom. The minimum Gasteiger partial charge on any atom is -0.389 e. The third-order valence-electron chi connectivity index (χ3n) is 2.58. The van der Waals surface area contributed by atoms with E-state index in [4.69, 9.17) is 0 Å². The van der Waals surface area contributed by atoms with Gasteiger partial charge in [0.2, 0.25) is 0 Å². The number of nitrogens with one attached hydrogen (secondary N) is 1. The third kappa shape index (κ3) is 2.99. The summed E-state index contributed by atoms with van der Waals surface area (Å²) in [5.41, 5.74) is 0.333. The van der Waals surface area contributed by atoms with Gasteiger partial charge in [-0.3, -0.25) is 0 Å². The molecule has 90 valence electrons. The average molecular weight is 294 g/mol. The maximum Gasteiger partial charge on any atom is 0.0763 e. The van der Waals surface area contributed by atoms with Gasteiger partial charge in [-0.15, -0.1) is 0 Å². The highest BCUT2D eigenvalue weighted by atomic mass is 79.9. The molecule has 0 fully saturated rings. The first kappa shape index (κ1) is 12.4. The molecular formula is C14H16BrNO. The summed E-state index contributed by atoms with van der Waals surface area (Å²) in [4.78, 5) is 0. The van der Waals surface area contributed by atoms with Crippen LogP contribution in [0.25, 0.3) is 10.8 Å². The van der Waals surface area contributed by atoms with Gasteiger partial charge in [0.25, 0.3) is 0 Å². The molecule has 0 aromatic heterocycles. The molecule has 2 N–H and O–H groups in total. The molecule has 3 heteroatoms. The summed E-state index contributed by atoms with van der Waals surface area (Å²) in [5, 5.41) is 15.4. The fraction of sp³-hybridized carbons (Fsp3) is 0.286. The van der Waals surface area contributed by atoms with Crippen molar-refractivity contribution in [3.05, 3.63) is 40.9 Å². The van der Waals surface area contributed by atoms with Crippen molar-refractivity contribution in [2.75, 3.05) is 11.9 Å². The summed E-state index contributed by atoms with van der Waals surface area (Å²) < 4.78 is 1.09. The maximum absolute atomic E-state index is 9.73. The minimum atomic E-state index is -0.714. The van der Waals surface area contributed by atoms with Crippen molar-refractivity contribution in [1.29, 1.82) is 0 Å². The van der Waals surface area contributed by atoms with E-state index in [1.165, 1.54) is 5.39 Å². The Morgan fingerprint density at radius 2 is 1.76 bits per heavy atom. The molecule has 0 radical (unpaired) electrons. The Morgan fingerprint density at radius 1 is 1.12 bits per heavy atom. The van der Waals surface area contributed by atoms with Crippen LogP contribution in [-0.2, 0) is 0 Å². The van der Waals surface area contributed by atoms with Crippen LogP contribution in [0.2, 0.25) is 0 Å². The Labute approximate surface area is 110 Å². The van der Waals surface area contributed by atoms with Gasteiger partial charge in [-0.05, 0) is 31.4 Å². The van der Waals surface area contributed by atoms with Crippen LogP contribution in [0.15, 0.2) is 40.9 Å². The molecule has 17 heavy (non-hydrogen) atoms. The van der Waals surface area contributed by atoms with E-state index in [-0.39, 0.29) is 0 Å². The predicted octanol–water partition coefficient (Wildman–Crippen LogP) is 3.79. The van der Waals surface area contributed by atoms with Gasteiger partial charge < -0.3 is 10.4 Å². The van der Waals surface area contributed by atoms with Gasteiger partial charge in [0.15, 0.2) is 0 Å². The van der Waals surface area contributed by atoms with Crippen LogP contribution < -0.4 is 5.32 Å². The smallest absolute Gasteiger partial charge is 0.0763 e. The summed E-state index contributed by atoms with van der Waals surface area (Å²) >= 11 is 3.54. The normalized spacial score (nSPS) is 11.8. The van der Waals surface area contributed by atoms with Gasteiger partial charge in [-0.25, -0.2) is 0 Å². The number of halogens is 1. The van der Waals surface area contributed by atoms with Crippen LogP contribution in [0, 0.1) is 0 Å². The predicted molar refractivity (Wildman–Crippen MR) is 76.4 cm³/mol. The Balaban J connectivity index is 2.38. The van der Waals surface area contributed by atoms with E-state index in [1.54, 1.807) is 13.8 Å². The first-order chi connectivity index (χ1) is 7.97. The molecule has 0 atom stereocenters. The van der Waals surface area contributed by atoms with Crippen molar-refractivity contribution in [2.45, 2.75) is 19.4 Å². The summed E-state index contributed by atoms with van der Waals surface area (Å²) in [6.07, 6.45) is 0. The first-order valence-corrected chi connectivity index (χ1v) is 6.40. The van der Waals surface area contributed by atoms with Crippen molar-refractivity contribution in [3.8, 4) is 0 Å². The topological polar surface area (TPSA) is 32.3 Å². The van der Waals surface area contributed by atoms with Crippen LogP contribution in [0.4, 0.5) is 5.69 Å². The van der Waals surface area contributed by atoms with E-state index >= 15 is 0 Å². The molecule has 0 bridgehead atoms. The number of aliphatic hydroxyl groups is 1. The third-order valence-corrected chi connectivity index (χ3v) is 3.27. The van der Waals surface area contributed by atoms with E-state index in [9.17, 15) is 5.11 Å². The van der Waals surface area contributed by atoms with Crippen LogP contribution in [0.1, 0.15) is 13.8 Å². The van der Waals surface area contributed by atoms with E-state index in [0.29, 0.717) is 6.54 Å². The summed E-state index contributed by atoms with van der Waals surface area (Å²) in [6, 6.07) is 12.2. The number of hydrogen-bond donors (Lipinski definition) is 2. The molecule has 2 aromatic carbocycles. The van der Waals surface area contributed by atoms with Crippen molar-refractivity contribution >= 4 is 32.4 Å². The molecule has 0 saturated heterocycles. The Hall–Kier alpha value is -1.06. The van der Waals surface area contributed by atoms with Crippen LogP contribution >= 0.6 is 15.9 Å². The average Bonchev–Trinajstić information content (AvgIpc) is 2.27. The molecule has 0 aliphatic rings. The van der Waals surface area contributed by atoms with E-state index in [1.807, 2.05) is 24.3 Å². The molecule has 2 aromatic rings. The monoisotopic (exact) mass is 293 g/mol. The van der Waals surface area contributed by atoms with Crippen LogP contribution in [0.5, 0.6) is 0 Å². The molecule has 2 rings (SSSR count). The quantitative estimate of drug-likeness (QED) is 0.902. The molecule has 0 spiro atoms. The SMILES string of the molecule is CC(C)(O)CNc1ccc(Br)c2ccccc12. The van der Waals surface area contributed by atoms with E-state index in [2.05, 4.69) is 33.4 Å². The Bertz CT molecular complexity index is 531. The first-order valence-electron chi connectivity index (χ1n) is 5.61. The van der Waals surface area contributed by atoms with E-state index < -0.39 is 5.60 Å². The number of fused-ring (bicyclic) bond motifs is 1. The van der Waals surface area contributed by atoms with E-state index in [0.717, 1.165) is 15.5 Å². The van der Waals surface area contributed by atoms with Crippen molar-refractivity contribution < 1.29 is 5.11 Å². The molecule has 0 unspecified atom stereocenters. The largest absolute Gasteiger partial charge is 0.389 e. The van der Waals surface area contributed by atoms with Crippen molar-refractivity contribution in [1.82, 2.24) is 0 Å². The van der Waals surface area contributed by atoms with Gasteiger partial charge in [0.05, 0.1) is 5.60 Å². The van der Waals surface area contributed by atoms with Crippen molar-refractivity contribution in [3.63, 3.8) is 0 Å². The molecule has 2 nitrogen and oxygen atoms in total. The Kier molecular flexibility index (Phi) is 3.40. The molecule has 0 saturated carbocycles. The van der Waals surface area contributed by atoms with Gasteiger partial charge in [0, 0.05) is 22.1 Å². The lowest BCUT2D eigenvalue weighted by Crippen LogP contribution is -2.29. The highest BCUT2D eigenvalue weighted by Gasteiger charge is 2.12. The second-order valence-corrected chi connectivity index (χ2v) is 5.66. The minimum absolute atomic E-state index is 0.526. The number of rotatable bonds is 3. The standard InChI is InChI=1S/C14H16BrNO/c1-14(2,17)9-16-13-8-7-12(15)10-5-3-4-6-11(10)13/h3-8,16-17H,9H2,1-2H3. The van der Waals surface area contributed by atoms with Gasteiger partial charge in [-0.2, -0.15) is 0 Å². The van der Waals surface area contributed by atoms with Gasteiger partial charge >= 0.3 is 0 Å². The number of benzene rings is 2. The zero-order chi connectivity index (χ0) is 12.5. The van der Waals surface area contributed by atoms with Crippen LogP contribution in [-0.4, -0.2) is 17.3 Å². The zero-order valence-corrected chi connectivity index (χ0v) is 11.6.